The van der Waals surface area contributed by atoms with Gasteiger partial charge < -0.3 is 4.74 Å². The van der Waals surface area contributed by atoms with E-state index in [1.807, 2.05) is 0 Å². The molecule has 1 amide bonds. The SMILES string of the molecule is Cc1ccc2c(c1)N1C(=O)CC[C@]1(C(F)(F)F)O2. The molecule has 0 aromatic heterocycles. The molecule has 0 unspecified atom stereocenters. The Kier molecular flexibility index (Phi) is 2.01. The van der Waals surface area contributed by atoms with Crippen molar-refractivity contribution in [1.29, 1.82) is 0 Å². The second-order valence-corrected chi connectivity index (χ2v) is 4.58. The van der Waals surface area contributed by atoms with Crippen molar-refractivity contribution in [1.82, 2.24) is 0 Å². The van der Waals surface area contributed by atoms with E-state index in [1.165, 1.54) is 6.07 Å². The molecule has 0 radical (unpaired) electrons. The third-order valence-corrected chi connectivity index (χ3v) is 3.37. The van der Waals surface area contributed by atoms with Crippen molar-refractivity contribution in [2.24, 2.45) is 0 Å². The summed E-state index contributed by atoms with van der Waals surface area (Å²) in [6, 6.07) is 4.69. The van der Waals surface area contributed by atoms with Crippen LogP contribution in [0.3, 0.4) is 0 Å². The summed E-state index contributed by atoms with van der Waals surface area (Å²) < 4.78 is 44.8. The molecule has 1 aromatic rings. The van der Waals surface area contributed by atoms with Crippen LogP contribution in [0.25, 0.3) is 0 Å². The molecule has 2 aliphatic rings. The van der Waals surface area contributed by atoms with E-state index in [-0.39, 0.29) is 24.3 Å². The van der Waals surface area contributed by atoms with Crippen LogP contribution in [0.15, 0.2) is 18.2 Å². The second-order valence-electron chi connectivity index (χ2n) is 4.58. The number of hydrogen-bond donors (Lipinski definition) is 0. The van der Waals surface area contributed by atoms with E-state index in [9.17, 15) is 18.0 Å². The lowest BCUT2D eigenvalue weighted by Gasteiger charge is -2.32. The third kappa shape index (κ3) is 1.23. The lowest BCUT2D eigenvalue weighted by molar-refractivity contribution is -0.238. The van der Waals surface area contributed by atoms with Gasteiger partial charge in [0.15, 0.2) is 0 Å². The minimum Gasteiger partial charge on any atom is -0.455 e. The molecule has 2 heterocycles. The Balaban J connectivity index is 2.19. The number of rotatable bonds is 0. The van der Waals surface area contributed by atoms with Crippen molar-refractivity contribution >= 4 is 11.6 Å². The fourth-order valence-corrected chi connectivity index (χ4v) is 2.52. The molecule has 0 N–H and O–H groups in total. The molecular weight excluding hydrogens is 247 g/mol. The first kappa shape index (κ1) is 11.4. The molecule has 18 heavy (non-hydrogen) atoms. The summed E-state index contributed by atoms with van der Waals surface area (Å²) in [7, 11) is 0. The van der Waals surface area contributed by atoms with Crippen molar-refractivity contribution in [3.8, 4) is 5.75 Å². The minimum absolute atomic E-state index is 0.117. The van der Waals surface area contributed by atoms with Crippen LogP contribution in [0.4, 0.5) is 18.9 Å². The largest absolute Gasteiger partial charge is 0.455 e. The van der Waals surface area contributed by atoms with Gasteiger partial charge in [0.05, 0.1) is 5.69 Å². The predicted octanol–water partition coefficient (Wildman–Crippen LogP) is 2.77. The third-order valence-electron chi connectivity index (χ3n) is 3.37. The molecular formula is C12H10F3NO2. The van der Waals surface area contributed by atoms with Gasteiger partial charge in [-0.25, -0.2) is 0 Å². The molecule has 0 saturated carbocycles. The number of ether oxygens (including phenoxy) is 1. The van der Waals surface area contributed by atoms with Gasteiger partial charge in [-0.15, -0.1) is 0 Å². The standard InChI is InChI=1S/C12H10F3NO2/c1-7-2-3-9-8(6-7)16-10(17)4-5-11(16,18-9)12(13,14)15/h2-3,6H,4-5H2,1H3/t11-/m1/s1. The molecule has 3 nitrogen and oxygen atoms in total. The van der Waals surface area contributed by atoms with Gasteiger partial charge in [0, 0.05) is 12.8 Å². The highest BCUT2D eigenvalue weighted by Crippen LogP contribution is 2.54. The number of nitrogens with zero attached hydrogens (tertiary/aromatic N) is 1. The normalized spacial score (nSPS) is 26.0. The number of aryl methyl sites for hydroxylation is 1. The van der Waals surface area contributed by atoms with Gasteiger partial charge in [0.25, 0.3) is 5.72 Å². The Labute approximate surface area is 101 Å². The molecule has 0 aliphatic carbocycles. The molecule has 1 atom stereocenters. The molecule has 0 bridgehead atoms. The topological polar surface area (TPSA) is 29.5 Å². The maximum absolute atomic E-state index is 13.2. The highest BCUT2D eigenvalue weighted by Gasteiger charge is 2.69. The van der Waals surface area contributed by atoms with Crippen molar-refractivity contribution in [3.63, 3.8) is 0 Å². The number of halogens is 3. The van der Waals surface area contributed by atoms with Gasteiger partial charge in [-0.3, -0.25) is 9.69 Å². The van der Waals surface area contributed by atoms with E-state index in [1.54, 1.807) is 19.1 Å². The van der Waals surface area contributed by atoms with E-state index >= 15 is 0 Å². The van der Waals surface area contributed by atoms with Crippen LogP contribution in [-0.4, -0.2) is 17.8 Å². The lowest BCUT2D eigenvalue weighted by Crippen LogP contribution is -2.57. The van der Waals surface area contributed by atoms with Crippen LogP contribution in [-0.2, 0) is 4.79 Å². The first-order valence-corrected chi connectivity index (χ1v) is 5.55. The number of hydrogen-bond acceptors (Lipinski definition) is 2. The van der Waals surface area contributed by atoms with Gasteiger partial charge >= 0.3 is 6.18 Å². The smallest absolute Gasteiger partial charge is 0.449 e. The van der Waals surface area contributed by atoms with Crippen LogP contribution in [0.2, 0.25) is 0 Å². The number of carbonyl (C=O) groups excluding carboxylic acids is 1. The van der Waals surface area contributed by atoms with Crippen molar-refractivity contribution in [2.45, 2.75) is 31.7 Å². The monoisotopic (exact) mass is 257 g/mol. The van der Waals surface area contributed by atoms with Gasteiger partial charge in [0.1, 0.15) is 5.75 Å². The van der Waals surface area contributed by atoms with Crippen molar-refractivity contribution in [2.75, 3.05) is 4.90 Å². The van der Waals surface area contributed by atoms with Crippen molar-refractivity contribution in [3.05, 3.63) is 23.8 Å². The second kappa shape index (κ2) is 3.18. The summed E-state index contributed by atoms with van der Waals surface area (Å²) in [4.78, 5) is 12.5. The van der Waals surface area contributed by atoms with E-state index in [0.717, 1.165) is 10.5 Å². The summed E-state index contributed by atoms with van der Waals surface area (Å²) >= 11 is 0. The maximum Gasteiger partial charge on any atom is 0.449 e. The first-order chi connectivity index (χ1) is 8.35. The number of alkyl halides is 3. The van der Waals surface area contributed by atoms with Crippen LogP contribution in [0, 0.1) is 6.92 Å². The molecule has 3 rings (SSSR count). The van der Waals surface area contributed by atoms with Crippen LogP contribution < -0.4 is 9.64 Å². The van der Waals surface area contributed by atoms with E-state index in [4.69, 9.17) is 4.74 Å². The molecule has 6 heteroatoms. The Morgan fingerprint density at radius 1 is 1.39 bits per heavy atom. The molecule has 1 saturated heterocycles. The molecule has 1 aromatic carbocycles. The molecule has 1 fully saturated rings. The number of amides is 1. The van der Waals surface area contributed by atoms with Crippen LogP contribution in [0.1, 0.15) is 18.4 Å². The molecule has 0 spiro atoms. The Hall–Kier alpha value is -1.72. The molecule has 96 valence electrons. The number of benzene rings is 1. The first-order valence-electron chi connectivity index (χ1n) is 5.55. The van der Waals surface area contributed by atoms with E-state index in [0.29, 0.717) is 0 Å². The van der Waals surface area contributed by atoms with Gasteiger partial charge in [-0.1, -0.05) is 6.07 Å². The number of fused-ring (bicyclic) bond motifs is 3. The fourth-order valence-electron chi connectivity index (χ4n) is 2.52. The Morgan fingerprint density at radius 3 is 2.78 bits per heavy atom. The number of anilines is 1. The highest BCUT2D eigenvalue weighted by atomic mass is 19.4. The Morgan fingerprint density at radius 2 is 2.11 bits per heavy atom. The average Bonchev–Trinajstić information content (AvgIpc) is 2.75. The zero-order valence-corrected chi connectivity index (χ0v) is 9.54. The van der Waals surface area contributed by atoms with E-state index in [2.05, 4.69) is 0 Å². The van der Waals surface area contributed by atoms with Crippen LogP contribution >= 0.6 is 0 Å². The van der Waals surface area contributed by atoms with Gasteiger partial charge in [-0.05, 0) is 24.6 Å². The summed E-state index contributed by atoms with van der Waals surface area (Å²) in [6.07, 6.45) is -5.11. The van der Waals surface area contributed by atoms with Crippen molar-refractivity contribution < 1.29 is 22.7 Å². The summed E-state index contributed by atoms with van der Waals surface area (Å²) in [6.45, 7) is 1.76. The zero-order chi connectivity index (χ0) is 13.1. The zero-order valence-electron chi connectivity index (χ0n) is 9.54. The van der Waals surface area contributed by atoms with Crippen LogP contribution in [0.5, 0.6) is 5.75 Å². The van der Waals surface area contributed by atoms with Gasteiger partial charge in [-0.2, -0.15) is 13.2 Å². The summed E-state index contributed by atoms with van der Waals surface area (Å²) in [5.74, 6) is -0.428. The summed E-state index contributed by atoms with van der Waals surface area (Å²) in [5, 5.41) is 0. The molecule has 2 aliphatic heterocycles. The van der Waals surface area contributed by atoms with E-state index < -0.39 is 17.8 Å². The Bertz CT molecular complexity index is 541. The fraction of sp³-hybridized carbons (Fsp3) is 0.417. The quantitative estimate of drug-likeness (QED) is 0.715. The number of carbonyl (C=O) groups is 1. The highest BCUT2D eigenvalue weighted by molar-refractivity contribution is 6.00. The van der Waals surface area contributed by atoms with Gasteiger partial charge in [0.2, 0.25) is 5.91 Å². The summed E-state index contributed by atoms with van der Waals surface area (Å²) in [5.41, 5.74) is -1.50. The lowest BCUT2D eigenvalue weighted by atomic mass is 10.1. The average molecular weight is 257 g/mol. The minimum atomic E-state index is -4.61. The maximum atomic E-state index is 13.2. The predicted molar refractivity (Wildman–Crippen MR) is 57.3 cm³/mol.